The first kappa shape index (κ1) is 33.1. The zero-order chi connectivity index (χ0) is 27.0. The van der Waals surface area contributed by atoms with Crippen molar-refractivity contribution in [1.82, 2.24) is 0 Å². The lowest BCUT2D eigenvalue weighted by Crippen LogP contribution is -2.14. The molecular weight excluding hydrogens is 464 g/mol. The summed E-state index contributed by atoms with van der Waals surface area (Å²) in [6, 6.07) is 6.59. The minimum atomic E-state index is -0.720. The van der Waals surface area contributed by atoms with Crippen molar-refractivity contribution < 1.29 is 38.5 Å². The first-order chi connectivity index (χ1) is 17.4. The summed E-state index contributed by atoms with van der Waals surface area (Å²) < 4.78 is 15.1. The maximum atomic E-state index is 11.9. The van der Waals surface area contributed by atoms with Gasteiger partial charge in [0.2, 0.25) is 0 Å². The number of esters is 3. The topological polar surface area (TPSA) is 116 Å². The Kier molecular flexibility index (Phi) is 20.7. The van der Waals surface area contributed by atoms with Crippen molar-refractivity contribution in [2.24, 2.45) is 0 Å². The van der Waals surface area contributed by atoms with Gasteiger partial charge in [-0.25, -0.2) is 9.59 Å². The first-order valence-corrected chi connectivity index (χ1v) is 13.2. The van der Waals surface area contributed by atoms with Gasteiger partial charge < -0.3 is 19.3 Å². The molecule has 0 spiro atoms. The van der Waals surface area contributed by atoms with Crippen LogP contribution >= 0.6 is 0 Å². The molecule has 0 radical (unpaired) electrons. The molecule has 8 heteroatoms. The third-order valence-corrected chi connectivity index (χ3v) is 5.16. The van der Waals surface area contributed by atoms with Crippen molar-refractivity contribution in [2.75, 3.05) is 19.8 Å². The zero-order valence-electron chi connectivity index (χ0n) is 22.2. The van der Waals surface area contributed by atoms with Crippen LogP contribution in [0.5, 0.6) is 0 Å². The van der Waals surface area contributed by atoms with E-state index in [2.05, 4.69) is 0 Å². The Hall–Kier alpha value is -2.90. The summed E-state index contributed by atoms with van der Waals surface area (Å²) in [4.78, 5) is 45.1. The van der Waals surface area contributed by atoms with Crippen molar-refractivity contribution in [3.63, 3.8) is 0 Å². The molecule has 0 saturated heterocycles. The van der Waals surface area contributed by atoms with Gasteiger partial charge in [-0.15, -0.1) is 0 Å². The highest BCUT2D eigenvalue weighted by atomic mass is 16.5. The predicted octanol–water partition coefficient (Wildman–Crippen LogP) is 6.36. The van der Waals surface area contributed by atoms with Crippen LogP contribution in [0.1, 0.15) is 119 Å². The third kappa shape index (κ3) is 17.5. The molecule has 1 N–H and O–H groups in total. The van der Waals surface area contributed by atoms with Crippen LogP contribution in [0.2, 0.25) is 0 Å². The van der Waals surface area contributed by atoms with E-state index in [1.165, 1.54) is 0 Å². The Morgan fingerprint density at radius 2 is 1.08 bits per heavy atom. The fraction of sp³-hybridized carbons (Fsp3) is 0.643. The van der Waals surface area contributed by atoms with Gasteiger partial charge in [0.1, 0.15) is 0 Å². The van der Waals surface area contributed by atoms with E-state index in [0.29, 0.717) is 26.2 Å². The monoisotopic (exact) mass is 508 g/mol. The molecule has 0 aliphatic rings. The van der Waals surface area contributed by atoms with Gasteiger partial charge >= 0.3 is 23.9 Å². The lowest BCUT2D eigenvalue weighted by molar-refractivity contribution is -0.143. The van der Waals surface area contributed by atoms with Crippen LogP contribution in [0.4, 0.5) is 0 Å². The Labute approximate surface area is 215 Å². The second-order valence-corrected chi connectivity index (χ2v) is 8.34. The van der Waals surface area contributed by atoms with Crippen LogP contribution < -0.4 is 0 Å². The number of benzene rings is 1. The van der Waals surface area contributed by atoms with E-state index in [1.54, 1.807) is 31.2 Å². The van der Waals surface area contributed by atoms with E-state index < -0.39 is 17.9 Å². The molecule has 1 rings (SSSR count). The average molecular weight is 509 g/mol. The fourth-order valence-corrected chi connectivity index (χ4v) is 3.10. The van der Waals surface area contributed by atoms with Crippen LogP contribution in [-0.4, -0.2) is 48.8 Å². The van der Waals surface area contributed by atoms with E-state index in [-0.39, 0.29) is 23.5 Å². The number of carbonyl (C=O) groups excluding carboxylic acids is 3. The summed E-state index contributed by atoms with van der Waals surface area (Å²) >= 11 is 0. The molecule has 0 aromatic heterocycles. The van der Waals surface area contributed by atoms with Gasteiger partial charge in [-0.2, -0.15) is 0 Å². The number of hydrogen-bond donors (Lipinski definition) is 1. The number of rotatable bonds is 18. The number of aliphatic carboxylic acids is 1. The molecule has 204 valence electrons. The van der Waals surface area contributed by atoms with Crippen molar-refractivity contribution in [3.8, 4) is 0 Å². The largest absolute Gasteiger partial charge is 0.481 e. The van der Waals surface area contributed by atoms with Gasteiger partial charge in [0.15, 0.2) is 0 Å². The summed E-state index contributed by atoms with van der Waals surface area (Å²) in [5.41, 5.74) is 0.537. The molecule has 0 aliphatic carbocycles. The average Bonchev–Trinajstić information content (AvgIpc) is 2.86. The second-order valence-electron chi connectivity index (χ2n) is 8.34. The molecule has 0 amide bonds. The molecule has 1 aromatic rings. The maximum Gasteiger partial charge on any atom is 0.339 e. The highest BCUT2D eigenvalue weighted by molar-refractivity contribution is 6.03. The highest BCUT2D eigenvalue weighted by Gasteiger charge is 2.18. The van der Waals surface area contributed by atoms with Crippen molar-refractivity contribution in [1.29, 1.82) is 0 Å². The minimum Gasteiger partial charge on any atom is -0.481 e. The van der Waals surface area contributed by atoms with Crippen molar-refractivity contribution in [2.45, 2.75) is 97.8 Å². The molecule has 0 fully saturated rings. The predicted molar refractivity (Wildman–Crippen MR) is 138 cm³/mol. The number of ether oxygens (including phenoxy) is 3. The van der Waals surface area contributed by atoms with Crippen LogP contribution in [-0.2, 0) is 23.8 Å². The molecule has 36 heavy (non-hydrogen) atoms. The van der Waals surface area contributed by atoms with Crippen LogP contribution in [0.3, 0.4) is 0 Å². The van der Waals surface area contributed by atoms with Gasteiger partial charge in [-0.1, -0.05) is 64.5 Å². The lowest BCUT2D eigenvalue weighted by Gasteiger charge is -2.09. The van der Waals surface area contributed by atoms with Gasteiger partial charge in [0, 0.05) is 12.8 Å². The molecule has 1 aromatic carbocycles. The molecule has 0 bridgehead atoms. The number of unbranched alkanes of at least 4 members (excludes halogenated alkanes) is 7. The Balaban J connectivity index is 0.000000700. The Bertz CT molecular complexity index is 719. The first-order valence-electron chi connectivity index (χ1n) is 13.2. The van der Waals surface area contributed by atoms with E-state index in [1.807, 2.05) is 13.8 Å². The summed E-state index contributed by atoms with van der Waals surface area (Å²) in [6.07, 6.45) is 10.0. The number of hydrogen-bond acceptors (Lipinski definition) is 7. The molecule has 0 atom stereocenters. The van der Waals surface area contributed by atoms with Gasteiger partial charge in [-0.3, -0.25) is 9.59 Å². The van der Waals surface area contributed by atoms with E-state index in [4.69, 9.17) is 19.3 Å². The van der Waals surface area contributed by atoms with Gasteiger partial charge in [0.25, 0.3) is 0 Å². The van der Waals surface area contributed by atoms with E-state index in [9.17, 15) is 19.2 Å². The van der Waals surface area contributed by atoms with E-state index >= 15 is 0 Å². The zero-order valence-corrected chi connectivity index (χ0v) is 22.2. The smallest absolute Gasteiger partial charge is 0.339 e. The van der Waals surface area contributed by atoms with Crippen LogP contribution in [0, 0.1) is 0 Å². The summed E-state index contributed by atoms with van der Waals surface area (Å²) in [5.74, 6) is -1.78. The SMILES string of the molecule is CCCCOC(=O)c1ccccc1C(=O)OCCCC.CCOC(=O)CCCCCCCCC(=O)O. The van der Waals surface area contributed by atoms with Crippen molar-refractivity contribution >= 4 is 23.9 Å². The second kappa shape index (κ2) is 22.6. The van der Waals surface area contributed by atoms with Crippen molar-refractivity contribution in [3.05, 3.63) is 35.4 Å². The molecular formula is C28H44O8. The summed E-state index contributed by atoms with van der Waals surface area (Å²) in [5, 5.41) is 8.41. The van der Waals surface area contributed by atoms with Crippen LogP contribution in [0.25, 0.3) is 0 Å². The molecule has 0 saturated carbocycles. The minimum absolute atomic E-state index is 0.117. The van der Waals surface area contributed by atoms with Gasteiger partial charge in [-0.05, 0) is 44.7 Å². The number of carbonyl (C=O) groups is 4. The molecule has 0 aliphatic heterocycles. The van der Waals surface area contributed by atoms with Gasteiger partial charge in [0.05, 0.1) is 30.9 Å². The molecule has 8 nitrogen and oxygen atoms in total. The molecule has 0 heterocycles. The van der Waals surface area contributed by atoms with Crippen LogP contribution in [0.15, 0.2) is 24.3 Å². The normalized spacial score (nSPS) is 10.1. The third-order valence-electron chi connectivity index (χ3n) is 5.16. The maximum absolute atomic E-state index is 11.9. The van der Waals surface area contributed by atoms with E-state index in [0.717, 1.165) is 64.2 Å². The highest BCUT2D eigenvalue weighted by Crippen LogP contribution is 2.13. The summed E-state index contributed by atoms with van der Waals surface area (Å²) in [6.45, 7) is 7.04. The number of carboxylic acid groups (broad SMARTS) is 1. The standard InChI is InChI=1S/C16H22O4.C12H22O4/c1-3-5-11-19-15(17)13-9-7-8-10-14(13)16(18)20-12-6-4-2;1-2-16-12(15)10-8-6-4-3-5-7-9-11(13)14/h7-10H,3-6,11-12H2,1-2H3;2-10H2,1H3,(H,13,14). The number of carboxylic acids is 1. The summed E-state index contributed by atoms with van der Waals surface area (Å²) in [7, 11) is 0. The fourth-order valence-electron chi connectivity index (χ4n) is 3.10. The molecule has 0 unspecified atom stereocenters. The Morgan fingerprint density at radius 3 is 1.50 bits per heavy atom. The lowest BCUT2D eigenvalue weighted by atomic mass is 10.1. The Morgan fingerprint density at radius 1 is 0.639 bits per heavy atom. The quantitative estimate of drug-likeness (QED) is 0.138.